The number of halogens is 1. The van der Waals surface area contributed by atoms with Gasteiger partial charge in [-0.25, -0.2) is 5.43 Å². The van der Waals surface area contributed by atoms with E-state index in [1.807, 2.05) is 17.5 Å². The number of nitrogens with zero attached hydrogens (tertiary/aromatic N) is 4. The number of aromatic nitrogens is 2. The Morgan fingerprint density at radius 1 is 1.38 bits per heavy atom. The van der Waals surface area contributed by atoms with Crippen LogP contribution in [0.5, 0.6) is 0 Å². The van der Waals surface area contributed by atoms with E-state index in [0.29, 0.717) is 11.0 Å². The molecule has 0 fully saturated rings. The zero-order valence-electron chi connectivity index (χ0n) is 13.2. The number of non-ortho nitro benzene ring substituents is 1. The Kier molecular flexibility index (Phi) is 5.54. The number of hydrogen-bond donors (Lipinski definition) is 1. The minimum Gasteiger partial charge on any atom is -0.266 e. The molecule has 1 amide bonds. The molecule has 1 N–H and O–H groups in total. The summed E-state index contributed by atoms with van der Waals surface area (Å²) in [5, 5.41) is 20.7. The van der Waals surface area contributed by atoms with E-state index in [0.717, 1.165) is 10.4 Å². The molecule has 2 heterocycles. The van der Waals surface area contributed by atoms with Gasteiger partial charge in [0.1, 0.15) is 0 Å². The van der Waals surface area contributed by atoms with Gasteiger partial charge in [-0.15, -0.1) is 11.3 Å². The molecule has 10 heteroatoms. The zero-order valence-corrected chi connectivity index (χ0v) is 15.6. The molecule has 0 unspecified atom stereocenters. The zero-order chi connectivity index (χ0) is 18.5. The molecule has 0 radical (unpaired) electrons. The normalized spacial score (nSPS) is 11.0. The summed E-state index contributed by atoms with van der Waals surface area (Å²) in [4.78, 5) is 23.3. The van der Waals surface area contributed by atoms with Gasteiger partial charge < -0.3 is 0 Å². The van der Waals surface area contributed by atoms with Crippen molar-refractivity contribution in [2.75, 3.05) is 0 Å². The largest absolute Gasteiger partial charge is 0.293 e. The lowest BCUT2D eigenvalue weighted by atomic mass is 10.2. The fraction of sp³-hybridized carbons (Fsp3) is 0.0625. The van der Waals surface area contributed by atoms with Gasteiger partial charge in [0.15, 0.2) is 5.69 Å². The lowest BCUT2D eigenvalue weighted by Gasteiger charge is -2.01. The van der Waals surface area contributed by atoms with Crippen LogP contribution >= 0.6 is 27.3 Å². The van der Waals surface area contributed by atoms with Gasteiger partial charge in [0.05, 0.1) is 22.2 Å². The standard InChI is InChI=1S/C16H12BrN5O3S/c17-14-10-21(9-11-3-5-12(6-4-11)22(24)25)20-15(14)16(23)19-18-8-13-2-1-7-26-13/h1-8,10H,9H2,(H,19,23)/b18-8+. The van der Waals surface area contributed by atoms with Crippen molar-refractivity contribution in [1.82, 2.24) is 15.2 Å². The van der Waals surface area contributed by atoms with Crippen LogP contribution in [0.25, 0.3) is 0 Å². The highest BCUT2D eigenvalue weighted by molar-refractivity contribution is 9.10. The summed E-state index contributed by atoms with van der Waals surface area (Å²) >= 11 is 4.82. The number of benzene rings is 1. The van der Waals surface area contributed by atoms with Crippen molar-refractivity contribution in [3.05, 3.63) is 78.7 Å². The lowest BCUT2D eigenvalue weighted by molar-refractivity contribution is -0.384. The van der Waals surface area contributed by atoms with E-state index in [4.69, 9.17) is 0 Å². The fourth-order valence-electron chi connectivity index (χ4n) is 2.11. The molecule has 26 heavy (non-hydrogen) atoms. The van der Waals surface area contributed by atoms with Crippen LogP contribution < -0.4 is 5.43 Å². The maximum absolute atomic E-state index is 12.2. The molecule has 0 saturated heterocycles. The average Bonchev–Trinajstić information content (AvgIpc) is 3.25. The van der Waals surface area contributed by atoms with Crippen molar-refractivity contribution in [1.29, 1.82) is 0 Å². The Morgan fingerprint density at radius 2 is 2.15 bits per heavy atom. The maximum Gasteiger partial charge on any atom is 0.293 e. The number of hydrazone groups is 1. The number of nitrogens with one attached hydrogen (secondary N) is 1. The summed E-state index contributed by atoms with van der Waals surface area (Å²) in [6, 6.07) is 9.94. The molecule has 3 aromatic rings. The smallest absolute Gasteiger partial charge is 0.266 e. The first-order chi connectivity index (χ1) is 12.5. The first kappa shape index (κ1) is 18.0. The lowest BCUT2D eigenvalue weighted by Crippen LogP contribution is -2.19. The first-order valence-electron chi connectivity index (χ1n) is 7.36. The minimum atomic E-state index is -0.451. The van der Waals surface area contributed by atoms with Crippen molar-refractivity contribution >= 4 is 45.1 Å². The van der Waals surface area contributed by atoms with Crippen LogP contribution in [-0.2, 0) is 6.54 Å². The van der Waals surface area contributed by atoms with Crippen molar-refractivity contribution in [3.8, 4) is 0 Å². The van der Waals surface area contributed by atoms with E-state index in [2.05, 4.69) is 31.6 Å². The highest BCUT2D eigenvalue weighted by atomic mass is 79.9. The molecule has 0 aliphatic heterocycles. The summed E-state index contributed by atoms with van der Waals surface area (Å²) in [6.45, 7) is 0.377. The minimum absolute atomic E-state index is 0.0269. The molecule has 0 aliphatic carbocycles. The van der Waals surface area contributed by atoms with E-state index >= 15 is 0 Å². The molecule has 8 nitrogen and oxygen atoms in total. The average molecular weight is 434 g/mol. The highest BCUT2D eigenvalue weighted by Crippen LogP contribution is 2.17. The van der Waals surface area contributed by atoms with Crippen LogP contribution in [0.3, 0.4) is 0 Å². The number of nitro groups is 1. The van der Waals surface area contributed by atoms with Gasteiger partial charge in [0, 0.05) is 23.2 Å². The molecular formula is C16H12BrN5O3S. The number of carbonyl (C=O) groups is 1. The highest BCUT2D eigenvalue weighted by Gasteiger charge is 2.15. The van der Waals surface area contributed by atoms with Crippen LogP contribution in [0.2, 0.25) is 0 Å². The first-order valence-corrected chi connectivity index (χ1v) is 9.03. The second-order valence-corrected chi connectivity index (χ2v) is 6.99. The Balaban J connectivity index is 1.66. The molecule has 3 rings (SSSR count). The second-order valence-electron chi connectivity index (χ2n) is 5.16. The van der Waals surface area contributed by atoms with Gasteiger partial charge in [-0.05, 0) is 32.9 Å². The molecule has 0 aliphatic rings. The van der Waals surface area contributed by atoms with Gasteiger partial charge in [-0.1, -0.05) is 18.2 Å². The monoisotopic (exact) mass is 433 g/mol. The molecule has 0 saturated carbocycles. The quantitative estimate of drug-likeness (QED) is 0.365. The molecule has 132 valence electrons. The second kappa shape index (κ2) is 8.02. The number of carbonyl (C=O) groups excluding carboxylic acids is 1. The van der Waals surface area contributed by atoms with Gasteiger partial charge in [-0.2, -0.15) is 10.2 Å². The molecule has 1 aromatic carbocycles. The fourth-order valence-corrected chi connectivity index (χ4v) is 3.19. The predicted molar refractivity (Wildman–Crippen MR) is 102 cm³/mol. The summed E-state index contributed by atoms with van der Waals surface area (Å²) in [7, 11) is 0. The third kappa shape index (κ3) is 4.41. The van der Waals surface area contributed by atoms with Crippen LogP contribution in [0.4, 0.5) is 5.69 Å². The van der Waals surface area contributed by atoms with Crippen LogP contribution in [0.15, 0.2) is 57.5 Å². The predicted octanol–water partition coefficient (Wildman–Crippen LogP) is 3.43. The van der Waals surface area contributed by atoms with Crippen LogP contribution in [0.1, 0.15) is 20.9 Å². The van der Waals surface area contributed by atoms with Gasteiger partial charge in [0.2, 0.25) is 0 Å². The third-order valence-electron chi connectivity index (χ3n) is 3.32. The Hall–Kier alpha value is -2.85. The van der Waals surface area contributed by atoms with E-state index in [1.54, 1.807) is 29.2 Å². The summed E-state index contributed by atoms with van der Waals surface area (Å²) in [5.74, 6) is -0.438. The van der Waals surface area contributed by atoms with Crippen LogP contribution in [-0.4, -0.2) is 26.8 Å². The van der Waals surface area contributed by atoms with Gasteiger partial charge in [0.25, 0.3) is 11.6 Å². The number of nitro benzene ring substituents is 1. The van der Waals surface area contributed by atoms with E-state index in [1.165, 1.54) is 23.5 Å². The van der Waals surface area contributed by atoms with Gasteiger partial charge >= 0.3 is 0 Å². The molecule has 2 aromatic heterocycles. The van der Waals surface area contributed by atoms with Crippen molar-refractivity contribution in [2.24, 2.45) is 5.10 Å². The SMILES string of the molecule is O=C(N/N=C/c1cccs1)c1nn(Cc2ccc([N+](=O)[O-])cc2)cc1Br. The molecular weight excluding hydrogens is 422 g/mol. The van der Waals surface area contributed by atoms with E-state index in [-0.39, 0.29) is 11.4 Å². The molecule has 0 bridgehead atoms. The van der Waals surface area contributed by atoms with E-state index < -0.39 is 10.8 Å². The topological polar surface area (TPSA) is 102 Å². The number of rotatable bonds is 6. The van der Waals surface area contributed by atoms with Crippen molar-refractivity contribution in [3.63, 3.8) is 0 Å². The Morgan fingerprint density at radius 3 is 2.81 bits per heavy atom. The van der Waals surface area contributed by atoms with Gasteiger partial charge in [-0.3, -0.25) is 19.6 Å². The summed E-state index contributed by atoms with van der Waals surface area (Å²) < 4.78 is 2.10. The third-order valence-corrected chi connectivity index (χ3v) is 4.71. The maximum atomic E-state index is 12.2. The van der Waals surface area contributed by atoms with Crippen molar-refractivity contribution in [2.45, 2.75) is 6.54 Å². The molecule has 0 spiro atoms. The Bertz CT molecular complexity index is 951. The van der Waals surface area contributed by atoms with E-state index in [9.17, 15) is 14.9 Å². The molecule has 0 atom stereocenters. The van der Waals surface area contributed by atoms with Crippen LogP contribution in [0, 0.1) is 10.1 Å². The number of thiophene rings is 1. The summed E-state index contributed by atoms with van der Waals surface area (Å²) in [6.07, 6.45) is 3.23. The van der Waals surface area contributed by atoms with Crippen molar-refractivity contribution < 1.29 is 9.72 Å². The number of hydrogen-bond acceptors (Lipinski definition) is 6. The Labute approximate surface area is 160 Å². The number of amides is 1. The summed E-state index contributed by atoms with van der Waals surface area (Å²) in [5.41, 5.74) is 3.49.